The molecular formula is C14H15N3O2. The molecule has 4 rings (SSSR count). The topological polar surface area (TPSA) is 74.2 Å². The van der Waals surface area contributed by atoms with E-state index in [1.807, 2.05) is 18.2 Å². The Bertz CT molecular complexity index is 594. The number of hydrogen-bond donors (Lipinski definition) is 1. The third-order valence-corrected chi connectivity index (χ3v) is 4.06. The van der Waals surface area contributed by atoms with Crippen LogP contribution in [0.15, 0.2) is 28.8 Å². The molecule has 2 N–H and O–H groups in total. The summed E-state index contributed by atoms with van der Waals surface area (Å²) in [5, 5.41) is 4.03. The molecule has 0 bridgehead atoms. The van der Waals surface area contributed by atoms with Crippen LogP contribution in [0, 0.1) is 0 Å². The first-order valence-corrected chi connectivity index (χ1v) is 6.62. The quantitative estimate of drug-likeness (QED) is 0.891. The summed E-state index contributed by atoms with van der Waals surface area (Å²) in [5.41, 5.74) is 6.99. The van der Waals surface area contributed by atoms with Crippen molar-refractivity contribution >= 4 is 0 Å². The molecule has 2 aliphatic rings. The fourth-order valence-corrected chi connectivity index (χ4v) is 2.67. The van der Waals surface area contributed by atoms with E-state index in [0.717, 1.165) is 31.4 Å². The highest BCUT2D eigenvalue weighted by atomic mass is 16.5. The van der Waals surface area contributed by atoms with Crippen LogP contribution in [-0.2, 0) is 12.0 Å². The second kappa shape index (κ2) is 3.81. The van der Waals surface area contributed by atoms with Gasteiger partial charge in [0.25, 0.3) is 5.89 Å². The third-order valence-electron chi connectivity index (χ3n) is 4.06. The standard InChI is InChI=1S/C14H15N3O2/c15-14(6-3-7-14)13-16-12(19-17-13)11-8-9-4-1-2-5-10(9)18-11/h1-2,4-5,11H,3,6-8,15H2. The molecule has 1 atom stereocenters. The lowest BCUT2D eigenvalue weighted by atomic mass is 9.77. The first-order valence-electron chi connectivity index (χ1n) is 6.62. The molecule has 1 unspecified atom stereocenters. The van der Waals surface area contributed by atoms with E-state index in [0.29, 0.717) is 11.7 Å². The Morgan fingerprint density at radius 1 is 1.26 bits per heavy atom. The van der Waals surface area contributed by atoms with Crippen LogP contribution in [0.4, 0.5) is 0 Å². The van der Waals surface area contributed by atoms with E-state index < -0.39 is 0 Å². The molecule has 0 radical (unpaired) electrons. The molecule has 2 heterocycles. The third kappa shape index (κ3) is 1.65. The smallest absolute Gasteiger partial charge is 0.268 e. The van der Waals surface area contributed by atoms with Gasteiger partial charge >= 0.3 is 0 Å². The Morgan fingerprint density at radius 2 is 2.11 bits per heavy atom. The number of benzene rings is 1. The number of rotatable bonds is 2. The molecule has 0 saturated heterocycles. The van der Waals surface area contributed by atoms with Gasteiger partial charge in [0.2, 0.25) is 0 Å². The summed E-state index contributed by atoms with van der Waals surface area (Å²) >= 11 is 0. The summed E-state index contributed by atoms with van der Waals surface area (Å²) in [5.74, 6) is 2.05. The van der Waals surface area contributed by atoms with Crippen LogP contribution < -0.4 is 10.5 Å². The molecule has 19 heavy (non-hydrogen) atoms. The molecule has 0 amide bonds. The summed E-state index contributed by atoms with van der Waals surface area (Å²) in [7, 11) is 0. The lowest BCUT2D eigenvalue weighted by Crippen LogP contribution is -2.44. The maximum atomic E-state index is 6.19. The van der Waals surface area contributed by atoms with E-state index in [1.165, 1.54) is 5.56 Å². The summed E-state index contributed by atoms with van der Waals surface area (Å²) in [4.78, 5) is 4.44. The molecule has 5 heteroatoms. The fourth-order valence-electron chi connectivity index (χ4n) is 2.67. The van der Waals surface area contributed by atoms with Gasteiger partial charge in [0.15, 0.2) is 11.9 Å². The minimum absolute atomic E-state index is 0.178. The summed E-state index contributed by atoms with van der Waals surface area (Å²) in [6, 6.07) is 7.99. The van der Waals surface area contributed by atoms with E-state index >= 15 is 0 Å². The molecule has 1 fully saturated rings. The normalized spacial score (nSPS) is 23.5. The van der Waals surface area contributed by atoms with Gasteiger partial charge in [-0.25, -0.2) is 0 Å². The Labute approximate surface area is 110 Å². The first kappa shape index (κ1) is 11.0. The monoisotopic (exact) mass is 257 g/mol. The molecule has 98 valence electrons. The zero-order valence-corrected chi connectivity index (χ0v) is 10.5. The predicted molar refractivity (Wildman–Crippen MR) is 67.5 cm³/mol. The lowest BCUT2D eigenvalue weighted by molar-refractivity contribution is 0.182. The zero-order chi connectivity index (χ0) is 12.9. The van der Waals surface area contributed by atoms with Crippen LogP contribution in [0.5, 0.6) is 5.75 Å². The van der Waals surface area contributed by atoms with Gasteiger partial charge in [-0.2, -0.15) is 4.98 Å². The SMILES string of the molecule is NC1(c2noc(C3Cc4ccccc4O3)n2)CCC1. The fraction of sp³-hybridized carbons (Fsp3) is 0.429. The van der Waals surface area contributed by atoms with Crippen LogP contribution in [0.3, 0.4) is 0 Å². The van der Waals surface area contributed by atoms with E-state index in [2.05, 4.69) is 16.2 Å². The van der Waals surface area contributed by atoms with Crippen LogP contribution in [-0.4, -0.2) is 10.1 Å². The highest BCUT2D eigenvalue weighted by Gasteiger charge is 2.40. The maximum absolute atomic E-state index is 6.19. The van der Waals surface area contributed by atoms with Gasteiger partial charge in [-0.05, 0) is 30.9 Å². The largest absolute Gasteiger partial charge is 0.480 e. The molecule has 1 saturated carbocycles. The molecule has 0 spiro atoms. The maximum Gasteiger partial charge on any atom is 0.268 e. The summed E-state index contributed by atoms with van der Waals surface area (Å²) < 4.78 is 11.2. The average molecular weight is 257 g/mol. The number of aromatic nitrogens is 2. The van der Waals surface area contributed by atoms with Crippen molar-refractivity contribution in [1.82, 2.24) is 10.1 Å². The van der Waals surface area contributed by atoms with Gasteiger partial charge < -0.3 is 15.0 Å². The van der Waals surface area contributed by atoms with Crippen molar-refractivity contribution in [3.05, 3.63) is 41.5 Å². The zero-order valence-electron chi connectivity index (χ0n) is 10.5. The van der Waals surface area contributed by atoms with E-state index in [4.69, 9.17) is 15.0 Å². The van der Waals surface area contributed by atoms with E-state index in [1.54, 1.807) is 0 Å². The van der Waals surface area contributed by atoms with Gasteiger partial charge in [-0.1, -0.05) is 23.4 Å². The van der Waals surface area contributed by atoms with Crippen molar-refractivity contribution in [2.75, 3.05) is 0 Å². The first-order chi connectivity index (χ1) is 9.24. The molecule has 2 aromatic rings. The highest BCUT2D eigenvalue weighted by Crippen LogP contribution is 2.39. The lowest BCUT2D eigenvalue weighted by Gasteiger charge is -2.34. The van der Waals surface area contributed by atoms with Crippen molar-refractivity contribution < 1.29 is 9.26 Å². The number of nitrogens with two attached hydrogens (primary N) is 1. The van der Waals surface area contributed by atoms with Gasteiger partial charge in [-0.3, -0.25) is 0 Å². The van der Waals surface area contributed by atoms with Crippen LogP contribution >= 0.6 is 0 Å². The number of hydrogen-bond acceptors (Lipinski definition) is 5. The minimum atomic E-state index is -0.382. The molecule has 1 aliphatic carbocycles. The average Bonchev–Trinajstić information content (AvgIpc) is 3.02. The number of fused-ring (bicyclic) bond motifs is 1. The molecule has 1 aliphatic heterocycles. The van der Waals surface area contributed by atoms with Gasteiger partial charge in [0, 0.05) is 6.42 Å². The van der Waals surface area contributed by atoms with Crippen LogP contribution in [0.1, 0.15) is 42.6 Å². The molecule has 1 aromatic carbocycles. The van der Waals surface area contributed by atoms with Crippen molar-refractivity contribution in [3.8, 4) is 5.75 Å². The summed E-state index contributed by atoms with van der Waals surface area (Å²) in [6.45, 7) is 0. The second-order valence-electron chi connectivity index (χ2n) is 5.38. The number of para-hydroxylation sites is 1. The van der Waals surface area contributed by atoms with Crippen molar-refractivity contribution in [3.63, 3.8) is 0 Å². The number of ether oxygens (including phenoxy) is 1. The highest BCUT2D eigenvalue weighted by molar-refractivity contribution is 5.37. The molecule has 1 aromatic heterocycles. The van der Waals surface area contributed by atoms with E-state index in [-0.39, 0.29) is 11.6 Å². The Kier molecular flexibility index (Phi) is 2.20. The van der Waals surface area contributed by atoms with Crippen molar-refractivity contribution in [1.29, 1.82) is 0 Å². The predicted octanol–water partition coefficient (Wildman–Crippen LogP) is 2.08. The van der Waals surface area contributed by atoms with Crippen LogP contribution in [0.25, 0.3) is 0 Å². The van der Waals surface area contributed by atoms with E-state index in [9.17, 15) is 0 Å². The van der Waals surface area contributed by atoms with Gasteiger partial charge in [-0.15, -0.1) is 0 Å². The second-order valence-corrected chi connectivity index (χ2v) is 5.38. The van der Waals surface area contributed by atoms with Gasteiger partial charge in [0.1, 0.15) is 5.75 Å². The Balaban J connectivity index is 1.59. The summed E-state index contributed by atoms with van der Waals surface area (Å²) in [6.07, 6.45) is 3.58. The molecule has 5 nitrogen and oxygen atoms in total. The molecular weight excluding hydrogens is 242 g/mol. The Hall–Kier alpha value is -1.88. The van der Waals surface area contributed by atoms with Gasteiger partial charge in [0.05, 0.1) is 5.54 Å². The van der Waals surface area contributed by atoms with Crippen LogP contribution in [0.2, 0.25) is 0 Å². The minimum Gasteiger partial charge on any atom is -0.480 e. The van der Waals surface area contributed by atoms with Crippen molar-refractivity contribution in [2.45, 2.75) is 37.3 Å². The number of nitrogens with zero attached hydrogens (tertiary/aromatic N) is 2. The Morgan fingerprint density at radius 3 is 2.84 bits per heavy atom. The van der Waals surface area contributed by atoms with Crippen molar-refractivity contribution in [2.24, 2.45) is 5.73 Å².